The van der Waals surface area contributed by atoms with Crippen LogP contribution in [0.3, 0.4) is 0 Å². The molecular formula is C6H5N3O4. The first kappa shape index (κ1) is 9.07. The molecule has 7 heteroatoms. The molecular weight excluding hydrogens is 178 g/mol. The van der Waals surface area contributed by atoms with E-state index in [2.05, 4.69) is 5.29 Å². The number of nitro groups is 1. The van der Waals surface area contributed by atoms with Gasteiger partial charge in [-0.25, -0.2) is 0 Å². The second-order valence-corrected chi connectivity index (χ2v) is 2.14. The molecule has 0 heterocycles. The number of benzene rings is 1. The van der Waals surface area contributed by atoms with Crippen LogP contribution in [0.2, 0.25) is 0 Å². The second kappa shape index (κ2) is 3.59. The van der Waals surface area contributed by atoms with Crippen molar-refractivity contribution in [2.24, 2.45) is 5.29 Å². The van der Waals surface area contributed by atoms with Crippen LogP contribution >= 0.6 is 0 Å². The molecule has 0 fully saturated rings. The molecule has 0 radical (unpaired) electrons. The van der Waals surface area contributed by atoms with Gasteiger partial charge in [0.2, 0.25) is 0 Å². The van der Waals surface area contributed by atoms with Crippen LogP contribution in [-0.4, -0.2) is 10.1 Å². The van der Waals surface area contributed by atoms with Gasteiger partial charge >= 0.3 is 0 Å². The number of non-ortho nitro benzene ring substituents is 1. The molecule has 0 saturated carbocycles. The molecule has 0 aliphatic heterocycles. The maximum absolute atomic E-state index is 10.2. The van der Waals surface area contributed by atoms with Crippen molar-refractivity contribution in [2.75, 3.05) is 5.17 Å². The number of nitroso groups, excluding NO2 is 1. The maximum atomic E-state index is 10.2. The predicted molar refractivity (Wildman–Crippen MR) is 43.2 cm³/mol. The fourth-order valence-corrected chi connectivity index (χ4v) is 0.755. The van der Waals surface area contributed by atoms with E-state index in [1.165, 1.54) is 12.1 Å². The molecule has 13 heavy (non-hydrogen) atoms. The lowest BCUT2D eigenvalue weighted by atomic mass is 10.3. The summed E-state index contributed by atoms with van der Waals surface area (Å²) in [6.07, 6.45) is 0. The van der Waals surface area contributed by atoms with Gasteiger partial charge in [-0.15, -0.1) is 10.1 Å². The molecule has 1 N–H and O–H groups in total. The first-order valence-electron chi connectivity index (χ1n) is 3.22. The number of anilines is 1. The fraction of sp³-hybridized carbons (Fsp3) is 0. The number of nitro benzene ring substituents is 1. The number of hydrogen-bond donors (Lipinski definition) is 1. The summed E-state index contributed by atoms with van der Waals surface area (Å²) in [4.78, 5) is 19.4. The Kier molecular flexibility index (Phi) is 2.50. The molecule has 0 atom stereocenters. The highest BCUT2D eigenvalue weighted by Crippen LogP contribution is 2.17. The van der Waals surface area contributed by atoms with Crippen molar-refractivity contribution in [3.05, 3.63) is 39.3 Å². The van der Waals surface area contributed by atoms with Gasteiger partial charge in [-0.3, -0.25) is 15.3 Å². The summed E-state index contributed by atoms with van der Waals surface area (Å²) in [7, 11) is 0. The van der Waals surface area contributed by atoms with E-state index in [-0.39, 0.29) is 16.5 Å². The van der Waals surface area contributed by atoms with E-state index in [0.717, 1.165) is 12.1 Å². The largest absolute Gasteiger partial charge is 0.269 e. The Bertz CT molecular complexity index is 323. The van der Waals surface area contributed by atoms with Crippen LogP contribution in [0.25, 0.3) is 0 Å². The molecule has 0 bridgehead atoms. The molecule has 0 spiro atoms. The lowest BCUT2D eigenvalue weighted by molar-refractivity contribution is -0.384. The van der Waals surface area contributed by atoms with Crippen molar-refractivity contribution in [1.29, 1.82) is 0 Å². The lowest BCUT2D eigenvalue weighted by Crippen LogP contribution is -2.07. The minimum absolute atomic E-state index is 0.0700. The van der Waals surface area contributed by atoms with Crippen LogP contribution in [-0.2, 0) is 0 Å². The molecule has 0 aromatic heterocycles. The van der Waals surface area contributed by atoms with E-state index in [1.54, 1.807) is 0 Å². The monoisotopic (exact) mass is 183 g/mol. The Morgan fingerprint density at radius 1 is 1.38 bits per heavy atom. The van der Waals surface area contributed by atoms with Crippen LogP contribution in [0.5, 0.6) is 0 Å². The summed E-state index contributed by atoms with van der Waals surface area (Å²) in [6, 6.07) is 4.73. The van der Waals surface area contributed by atoms with Gasteiger partial charge in [0, 0.05) is 12.1 Å². The second-order valence-electron chi connectivity index (χ2n) is 2.14. The molecule has 0 aliphatic carbocycles. The van der Waals surface area contributed by atoms with Crippen LogP contribution in [0.1, 0.15) is 0 Å². The zero-order valence-electron chi connectivity index (χ0n) is 6.32. The number of nitrogens with zero attached hydrogens (tertiary/aromatic N) is 3. The van der Waals surface area contributed by atoms with Crippen LogP contribution in [0.15, 0.2) is 29.6 Å². The Balaban J connectivity index is 2.93. The molecule has 0 aliphatic rings. The van der Waals surface area contributed by atoms with Gasteiger partial charge < -0.3 is 0 Å². The minimum atomic E-state index is -0.583. The minimum Gasteiger partial charge on any atom is -0.265 e. The topological polar surface area (TPSA) is 96.0 Å². The number of rotatable bonds is 3. The van der Waals surface area contributed by atoms with Gasteiger partial charge in [0.15, 0.2) is 0 Å². The summed E-state index contributed by atoms with van der Waals surface area (Å²) in [5.41, 5.74) is -0.0522. The Labute approximate surface area is 72.3 Å². The van der Waals surface area contributed by atoms with E-state index in [1.807, 2.05) is 0 Å². The summed E-state index contributed by atoms with van der Waals surface area (Å²) in [6.45, 7) is 0. The van der Waals surface area contributed by atoms with Gasteiger partial charge in [-0.2, -0.15) is 0 Å². The van der Waals surface area contributed by atoms with Crippen LogP contribution in [0, 0.1) is 15.0 Å². The van der Waals surface area contributed by atoms with Crippen molar-refractivity contribution in [3.8, 4) is 0 Å². The number of hydrogen-bond acceptors (Lipinski definition) is 5. The molecule has 1 rings (SSSR count). The molecule has 1 aromatic carbocycles. The van der Waals surface area contributed by atoms with E-state index < -0.39 is 4.92 Å². The molecule has 68 valence electrons. The van der Waals surface area contributed by atoms with E-state index in [0.29, 0.717) is 0 Å². The summed E-state index contributed by atoms with van der Waals surface area (Å²) in [5.74, 6) is 0. The zero-order valence-corrected chi connectivity index (χ0v) is 6.32. The predicted octanol–water partition coefficient (Wildman–Crippen LogP) is 1.47. The third kappa shape index (κ3) is 1.97. The van der Waals surface area contributed by atoms with E-state index >= 15 is 0 Å². The SMILES string of the molecule is O=NN(O)c1ccc([N+](=O)[O-])cc1. The fourth-order valence-electron chi connectivity index (χ4n) is 0.755. The molecule has 7 nitrogen and oxygen atoms in total. The van der Waals surface area contributed by atoms with Gasteiger partial charge in [0.25, 0.3) is 5.69 Å². The van der Waals surface area contributed by atoms with Gasteiger partial charge in [-0.1, -0.05) is 0 Å². The Morgan fingerprint density at radius 2 is 1.92 bits per heavy atom. The smallest absolute Gasteiger partial charge is 0.265 e. The first-order chi connectivity index (χ1) is 6.15. The van der Waals surface area contributed by atoms with Crippen molar-refractivity contribution in [1.82, 2.24) is 0 Å². The average molecular weight is 183 g/mol. The normalized spacial score (nSPS) is 9.31. The summed E-state index contributed by atoms with van der Waals surface area (Å²) in [5, 5.41) is 21.2. The molecule has 0 saturated heterocycles. The highest BCUT2D eigenvalue weighted by molar-refractivity contribution is 5.47. The Hall–Kier alpha value is -2.02. The van der Waals surface area contributed by atoms with E-state index in [9.17, 15) is 15.0 Å². The highest BCUT2D eigenvalue weighted by atomic mass is 16.6. The van der Waals surface area contributed by atoms with Gasteiger partial charge in [0.05, 0.1) is 15.9 Å². The van der Waals surface area contributed by atoms with Crippen molar-refractivity contribution >= 4 is 11.4 Å². The third-order valence-electron chi connectivity index (χ3n) is 1.37. The first-order valence-corrected chi connectivity index (χ1v) is 3.22. The Morgan fingerprint density at radius 3 is 2.31 bits per heavy atom. The van der Waals surface area contributed by atoms with Crippen molar-refractivity contribution in [3.63, 3.8) is 0 Å². The molecule has 0 amide bonds. The van der Waals surface area contributed by atoms with Gasteiger partial charge in [-0.05, 0) is 12.1 Å². The van der Waals surface area contributed by atoms with Crippen LogP contribution in [0.4, 0.5) is 11.4 Å². The summed E-state index contributed by atoms with van der Waals surface area (Å²) < 4.78 is 0. The van der Waals surface area contributed by atoms with Crippen molar-refractivity contribution < 1.29 is 10.1 Å². The average Bonchev–Trinajstić information content (AvgIpc) is 2.17. The molecule has 0 unspecified atom stereocenters. The highest BCUT2D eigenvalue weighted by Gasteiger charge is 2.06. The lowest BCUT2D eigenvalue weighted by Gasteiger charge is -2.04. The van der Waals surface area contributed by atoms with Crippen LogP contribution < -0.4 is 5.17 Å². The standard InChI is InChI=1S/C6H5N3O4/c10-7-8(11)5-1-3-6(4-2-5)9(12)13/h1-4,11H. The summed E-state index contributed by atoms with van der Waals surface area (Å²) >= 11 is 0. The third-order valence-corrected chi connectivity index (χ3v) is 1.37. The van der Waals surface area contributed by atoms with E-state index in [4.69, 9.17) is 5.21 Å². The van der Waals surface area contributed by atoms with Crippen molar-refractivity contribution in [2.45, 2.75) is 0 Å². The quantitative estimate of drug-likeness (QED) is 0.434. The maximum Gasteiger partial charge on any atom is 0.269 e. The van der Waals surface area contributed by atoms with Gasteiger partial charge in [0.1, 0.15) is 0 Å². The molecule has 1 aromatic rings. The zero-order chi connectivity index (χ0) is 9.84.